The van der Waals surface area contributed by atoms with Gasteiger partial charge in [0.25, 0.3) is 5.91 Å². The lowest BCUT2D eigenvalue weighted by Gasteiger charge is -2.22. The van der Waals surface area contributed by atoms with Crippen LogP contribution in [0.2, 0.25) is 0 Å². The maximum absolute atomic E-state index is 12.1. The van der Waals surface area contributed by atoms with Gasteiger partial charge in [-0.1, -0.05) is 0 Å². The van der Waals surface area contributed by atoms with Crippen LogP contribution in [0.3, 0.4) is 0 Å². The molecule has 5 nitrogen and oxygen atoms in total. The molecule has 1 amide bonds. The number of carbonyl (C=O) groups excluding carboxylic acids is 1. The molecule has 2 rings (SSSR count). The smallest absolute Gasteiger partial charge is 0.251 e. The second-order valence-electron chi connectivity index (χ2n) is 4.89. The van der Waals surface area contributed by atoms with Crippen LogP contribution >= 0.6 is 0 Å². The number of carbonyl (C=O) groups is 1. The first-order valence-electron chi connectivity index (χ1n) is 6.60. The fraction of sp³-hybridized carbons (Fsp3) is 0.250. The van der Waals surface area contributed by atoms with Crippen LogP contribution in [-0.4, -0.2) is 31.4 Å². The monoisotopic (exact) mass is 283 g/mol. The highest BCUT2D eigenvalue weighted by Crippen LogP contribution is 2.17. The Labute approximate surface area is 123 Å². The number of hydrogen-bond donors (Lipinski definition) is 1. The lowest BCUT2D eigenvalue weighted by molar-refractivity contribution is 0.0939. The molecule has 1 N–H and O–H groups in total. The number of benzene rings is 1. The van der Waals surface area contributed by atoms with Crippen LogP contribution in [0.25, 0.3) is 0 Å². The van der Waals surface area contributed by atoms with Crippen molar-refractivity contribution < 1.29 is 9.21 Å². The lowest BCUT2D eigenvalue weighted by atomic mass is 10.1. The van der Waals surface area contributed by atoms with Crippen molar-refractivity contribution in [3.63, 3.8) is 0 Å². The number of likely N-dealkylation sites (N-methyl/N-ethyl adjacent to an activating group) is 1. The number of nitrogens with zero attached hydrogens (tertiary/aromatic N) is 2. The summed E-state index contributed by atoms with van der Waals surface area (Å²) in [6, 6.07) is 12.3. The SMILES string of the molecule is CN(C)C(CNC(=O)c1ccc(C#N)cc1)c1ccco1. The van der Waals surface area contributed by atoms with Crippen LogP contribution in [0, 0.1) is 11.3 Å². The third-order valence-corrected chi connectivity index (χ3v) is 3.23. The van der Waals surface area contributed by atoms with Gasteiger partial charge in [0, 0.05) is 12.1 Å². The van der Waals surface area contributed by atoms with Crippen LogP contribution in [0.5, 0.6) is 0 Å². The number of furan rings is 1. The third-order valence-electron chi connectivity index (χ3n) is 3.23. The summed E-state index contributed by atoms with van der Waals surface area (Å²) < 4.78 is 5.40. The van der Waals surface area contributed by atoms with E-state index in [1.54, 1.807) is 30.5 Å². The van der Waals surface area contributed by atoms with E-state index in [4.69, 9.17) is 9.68 Å². The van der Waals surface area contributed by atoms with Gasteiger partial charge in [-0.25, -0.2) is 0 Å². The molecule has 0 aliphatic heterocycles. The van der Waals surface area contributed by atoms with Crippen molar-refractivity contribution in [2.75, 3.05) is 20.6 Å². The van der Waals surface area contributed by atoms with Crippen LogP contribution in [0.1, 0.15) is 27.7 Å². The Kier molecular flexibility index (Phi) is 4.75. The second kappa shape index (κ2) is 6.73. The van der Waals surface area contributed by atoms with E-state index < -0.39 is 0 Å². The molecule has 0 bridgehead atoms. The van der Waals surface area contributed by atoms with Crippen molar-refractivity contribution in [3.05, 3.63) is 59.5 Å². The van der Waals surface area contributed by atoms with Crippen molar-refractivity contribution >= 4 is 5.91 Å². The van der Waals surface area contributed by atoms with E-state index in [1.165, 1.54) is 0 Å². The Morgan fingerprint density at radius 1 is 1.33 bits per heavy atom. The Morgan fingerprint density at radius 3 is 2.57 bits per heavy atom. The summed E-state index contributed by atoms with van der Waals surface area (Å²) in [6.07, 6.45) is 1.62. The van der Waals surface area contributed by atoms with Crippen molar-refractivity contribution in [2.24, 2.45) is 0 Å². The number of nitriles is 1. The van der Waals surface area contributed by atoms with Crippen molar-refractivity contribution in [1.29, 1.82) is 5.26 Å². The normalized spacial score (nSPS) is 11.9. The summed E-state index contributed by atoms with van der Waals surface area (Å²) in [7, 11) is 3.86. The molecule has 0 saturated heterocycles. The van der Waals surface area contributed by atoms with E-state index in [0.29, 0.717) is 17.7 Å². The van der Waals surface area contributed by atoms with E-state index in [0.717, 1.165) is 5.76 Å². The molecule has 1 unspecified atom stereocenters. The fourth-order valence-electron chi connectivity index (χ4n) is 2.01. The van der Waals surface area contributed by atoms with Crippen LogP contribution in [0.4, 0.5) is 0 Å². The van der Waals surface area contributed by atoms with Gasteiger partial charge in [0.2, 0.25) is 0 Å². The second-order valence-corrected chi connectivity index (χ2v) is 4.89. The molecule has 1 aromatic carbocycles. The lowest BCUT2D eigenvalue weighted by Crippen LogP contribution is -2.34. The highest BCUT2D eigenvalue weighted by Gasteiger charge is 2.18. The number of hydrogen-bond acceptors (Lipinski definition) is 4. The van der Waals surface area contributed by atoms with Gasteiger partial charge in [0.05, 0.1) is 23.9 Å². The van der Waals surface area contributed by atoms with Crippen molar-refractivity contribution in [1.82, 2.24) is 10.2 Å². The van der Waals surface area contributed by atoms with Gasteiger partial charge in [0.15, 0.2) is 0 Å². The number of amides is 1. The van der Waals surface area contributed by atoms with Gasteiger partial charge in [-0.05, 0) is 50.5 Å². The van der Waals surface area contributed by atoms with E-state index in [9.17, 15) is 4.79 Å². The summed E-state index contributed by atoms with van der Waals surface area (Å²) >= 11 is 0. The molecule has 2 aromatic rings. The number of rotatable bonds is 5. The first kappa shape index (κ1) is 14.8. The van der Waals surface area contributed by atoms with Crippen molar-refractivity contribution in [2.45, 2.75) is 6.04 Å². The predicted molar refractivity (Wildman–Crippen MR) is 78.6 cm³/mol. The molecule has 21 heavy (non-hydrogen) atoms. The molecule has 0 saturated carbocycles. The Hall–Kier alpha value is -2.58. The van der Waals surface area contributed by atoms with E-state index in [1.807, 2.05) is 37.2 Å². The largest absolute Gasteiger partial charge is 0.468 e. The Balaban J connectivity index is 2.00. The average molecular weight is 283 g/mol. The van der Waals surface area contributed by atoms with Gasteiger partial charge in [-0.2, -0.15) is 5.26 Å². The summed E-state index contributed by atoms with van der Waals surface area (Å²) in [5.74, 6) is 0.637. The molecule has 5 heteroatoms. The molecule has 0 aliphatic rings. The molecule has 108 valence electrons. The predicted octanol–water partition coefficient (Wildman–Crippen LogP) is 2.18. The quantitative estimate of drug-likeness (QED) is 0.913. The van der Waals surface area contributed by atoms with Crippen LogP contribution in [0.15, 0.2) is 47.1 Å². The summed E-state index contributed by atoms with van der Waals surface area (Å²) in [5.41, 5.74) is 1.07. The van der Waals surface area contributed by atoms with E-state index in [-0.39, 0.29) is 11.9 Å². The minimum Gasteiger partial charge on any atom is -0.468 e. The highest BCUT2D eigenvalue weighted by atomic mass is 16.3. The number of nitrogens with one attached hydrogen (secondary N) is 1. The zero-order valence-electron chi connectivity index (χ0n) is 12.0. The molecular weight excluding hydrogens is 266 g/mol. The van der Waals surface area contributed by atoms with Gasteiger partial charge >= 0.3 is 0 Å². The highest BCUT2D eigenvalue weighted by molar-refractivity contribution is 5.94. The Bertz CT molecular complexity index is 625. The van der Waals surface area contributed by atoms with E-state index >= 15 is 0 Å². The molecule has 0 aliphatic carbocycles. The maximum Gasteiger partial charge on any atom is 0.251 e. The minimum atomic E-state index is -0.169. The van der Waals surface area contributed by atoms with Crippen LogP contribution in [-0.2, 0) is 0 Å². The summed E-state index contributed by atoms with van der Waals surface area (Å²) in [4.78, 5) is 14.1. The van der Waals surface area contributed by atoms with Crippen LogP contribution < -0.4 is 5.32 Å². The molecule has 0 spiro atoms. The van der Waals surface area contributed by atoms with Crippen molar-refractivity contribution in [3.8, 4) is 6.07 Å². The average Bonchev–Trinajstić information content (AvgIpc) is 3.01. The molecular formula is C16H17N3O2. The minimum absolute atomic E-state index is 0.0256. The molecule has 1 heterocycles. The van der Waals surface area contributed by atoms with Gasteiger partial charge in [0.1, 0.15) is 5.76 Å². The van der Waals surface area contributed by atoms with Gasteiger partial charge in [-0.3, -0.25) is 9.69 Å². The fourth-order valence-corrected chi connectivity index (χ4v) is 2.01. The first-order chi connectivity index (χ1) is 10.1. The topological polar surface area (TPSA) is 69.3 Å². The first-order valence-corrected chi connectivity index (χ1v) is 6.60. The van der Waals surface area contributed by atoms with Gasteiger partial charge in [-0.15, -0.1) is 0 Å². The Morgan fingerprint density at radius 2 is 2.05 bits per heavy atom. The van der Waals surface area contributed by atoms with Gasteiger partial charge < -0.3 is 9.73 Å². The standard InChI is InChI=1S/C16H17N3O2/c1-19(2)14(15-4-3-9-21-15)11-18-16(20)13-7-5-12(10-17)6-8-13/h3-9,14H,11H2,1-2H3,(H,18,20). The summed E-state index contributed by atoms with van der Waals surface area (Å²) in [6.45, 7) is 0.444. The molecule has 1 aromatic heterocycles. The zero-order valence-corrected chi connectivity index (χ0v) is 12.0. The molecule has 0 fully saturated rings. The summed E-state index contributed by atoms with van der Waals surface area (Å²) in [5, 5.41) is 11.6. The third kappa shape index (κ3) is 3.71. The molecule has 0 radical (unpaired) electrons. The van der Waals surface area contributed by atoms with E-state index in [2.05, 4.69) is 5.32 Å². The maximum atomic E-state index is 12.1. The zero-order chi connectivity index (χ0) is 15.2. The molecule has 1 atom stereocenters.